The third-order valence-electron chi connectivity index (χ3n) is 4.05. The Bertz CT molecular complexity index is 1140. The number of hydrogen-bond acceptors (Lipinski definition) is 5. The maximum absolute atomic E-state index is 13.0. The van der Waals surface area contributed by atoms with Crippen molar-refractivity contribution in [1.82, 2.24) is 10.0 Å². The molecular formula is C19H16FN3O5. The molecule has 3 aromatic rings. The van der Waals surface area contributed by atoms with Crippen molar-refractivity contribution in [3.63, 3.8) is 0 Å². The van der Waals surface area contributed by atoms with Gasteiger partial charge in [-0.2, -0.15) is 0 Å². The van der Waals surface area contributed by atoms with Gasteiger partial charge >= 0.3 is 0 Å². The van der Waals surface area contributed by atoms with Crippen LogP contribution in [0.2, 0.25) is 0 Å². The van der Waals surface area contributed by atoms with E-state index in [0.717, 1.165) is 0 Å². The van der Waals surface area contributed by atoms with Crippen molar-refractivity contribution in [1.29, 1.82) is 0 Å². The molecule has 0 atom stereocenters. The molecule has 3 rings (SSSR count). The largest absolute Gasteiger partial charge is 0.492 e. The third-order valence-corrected chi connectivity index (χ3v) is 4.05. The standard InChI is InChI=1S/C19H16FN3O5/c1-10(24)22-13-6-7-14-15(8-13)18(26)23(28)19(27)16(14)17(25)21-9-11-2-4-12(20)5-3-11/h2-8,27-28H,9H2,1H3,(H,21,25)(H,22,24). The summed E-state index contributed by atoms with van der Waals surface area (Å²) in [5.41, 5.74) is -0.354. The summed E-state index contributed by atoms with van der Waals surface area (Å²) in [7, 11) is 0. The molecule has 9 heteroatoms. The van der Waals surface area contributed by atoms with Gasteiger partial charge in [0.15, 0.2) is 0 Å². The van der Waals surface area contributed by atoms with Crippen molar-refractivity contribution in [3.8, 4) is 5.88 Å². The molecule has 0 spiro atoms. The molecule has 0 bridgehead atoms. The molecule has 1 aromatic heterocycles. The summed E-state index contributed by atoms with van der Waals surface area (Å²) < 4.78 is 12.9. The highest BCUT2D eigenvalue weighted by Crippen LogP contribution is 2.26. The molecule has 144 valence electrons. The van der Waals surface area contributed by atoms with Crippen LogP contribution in [-0.2, 0) is 11.3 Å². The number of aromatic hydroxyl groups is 1. The zero-order valence-electron chi connectivity index (χ0n) is 14.7. The van der Waals surface area contributed by atoms with Crippen LogP contribution in [0, 0.1) is 5.82 Å². The van der Waals surface area contributed by atoms with Crippen LogP contribution in [0.4, 0.5) is 10.1 Å². The molecule has 8 nitrogen and oxygen atoms in total. The average Bonchev–Trinajstić information content (AvgIpc) is 2.66. The normalized spacial score (nSPS) is 10.6. The molecule has 0 aliphatic carbocycles. The number of rotatable bonds is 4. The fourth-order valence-corrected chi connectivity index (χ4v) is 2.75. The highest BCUT2D eigenvalue weighted by molar-refractivity contribution is 6.09. The third kappa shape index (κ3) is 3.63. The van der Waals surface area contributed by atoms with Crippen LogP contribution in [0.15, 0.2) is 47.3 Å². The van der Waals surface area contributed by atoms with E-state index in [9.17, 15) is 29.1 Å². The number of aromatic nitrogens is 1. The lowest BCUT2D eigenvalue weighted by Gasteiger charge is -2.13. The number of anilines is 1. The zero-order chi connectivity index (χ0) is 20.4. The minimum absolute atomic E-state index is 0.0350. The Morgan fingerprint density at radius 1 is 1.11 bits per heavy atom. The van der Waals surface area contributed by atoms with E-state index in [1.807, 2.05) is 0 Å². The maximum atomic E-state index is 13.0. The number of nitrogens with zero attached hydrogens (tertiary/aromatic N) is 1. The van der Waals surface area contributed by atoms with E-state index in [1.165, 1.54) is 49.4 Å². The van der Waals surface area contributed by atoms with Crippen LogP contribution in [0.1, 0.15) is 22.8 Å². The van der Waals surface area contributed by atoms with Crippen molar-refractivity contribution in [3.05, 3.63) is 69.8 Å². The number of benzene rings is 2. The molecule has 0 fully saturated rings. The molecule has 28 heavy (non-hydrogen) atoms. The smallest absolute Gasteiger partial charge is 0.294 e. The first-order valence-electron chi connectivity index (χ1n) is 8.19. The van der Waals surface area contributed by atoms with E-state index >= 15 is 0 Å². The Labute approximate surface area is 157 Å². The minimum Gasteiger partial charge on any atom is -0.492 e. The highest BCUT2D eigenvalue weighted by Gasteiger charge is 2.22. The second-order valence-corrected chi connectivity index (χ2v) is 6.07. The Kier molecular flexibility index (Phi) is 4.99. The molecule has 0 aliphatic rings. The van der Waals surface area contributed by atoms with Crippen LogP contribution in [0.25, 0.3) is 10.8 Å². The number of nitrogens with one attached hydrogen (secondary N) is 2. The zero-order valence-corrected chi connectivity index (χ0v) is 14.7. The van der Waals surface area contributed by atoms with Crippen molar-refractivity contribution in [2.45, 2.75) is 13.5 Å². The fourth-order valence-electron chi connectivity index (χ4n) is 2.75. The lowest BCUT2D eigenvalue weighted by Crippen LogP contribution is -2.27. The number of fused-ring (bicyclic) bond motifs is 1. The number of hydrogen-bond donors (Lipinski definition) is 4. The average molecular weight is 385 g/mol. The van der Waals surface area contributed by atoms with Gasteiger partial charge in [-0.05, 0) is 29.8 Å². The van der Waals surface area contributed by atoms with Gasteiger partial charge in [-0.3, -0.25) is 14.4 Å². The van der Waals surface area contributed by atoms with E-state index in [-0.39, 0.29) is 33.5 Å². The summed E-state index contributed by atoms with van der Waals surface area (Å²) in [4.78, 5) is 36.1. The maximum Gasteiger partial charge on any atom is 0.294 e. The monoisotopic (exact) mass is 385 g/mol. The van der Waals surface area contributed by atoms with Gasteiger partial charge in [0.25, 0.3) is 11.5 Å². The second kappa shape index (κ2) is 7.39. The molecule has 0 unspecified atom stereocenters. The van der Waals surface area contributed by atoms with Gasteiger partial charge in [0.2, 0.25) is 11.8 Å². The van der Waals surface area contributed by atoms with Crippen LogP contribution in [-0.4, -0.2) is 26.9 Å². The van der Waals surface area contributed by atoms with E-state index in [2.05, 4.69) is 10.6 Å². The van der Waals surface area contributed by atoms with Gasteiger partial charge in [0, 0.05) is 24.5 Å². The summed E-state index contributed by atoms with van der Waals surface area (Å²) in [6.45, 7) is 1.33. The van der Waals surface area contributed by atoms with E-state index in [1.54, 1.807) is 0 Å². The predicted molar refractivity (Wildman–Crippen MR) is 98.9 cm³/mol. The summed E-state index contributed by atoms with van der Waals surface area (Å²) >= 11 is 0. The first kappa shape index (κ1) is 18.9. The van der Waals surface area contributed by atoms with Crippen LogP contribution in [0.3, 0.4) is 0 Å². The molecule has 4 N–H and O–H groups in total. The Morgan fingerprint density at radius 2 is 1.79 bits per heavy atom. The van der Waals surface area contributed by atoms with Crippen LogP contribution < -0.4 is 16.2 Å². The van der Waals surface area contributed by atoms with Crippen LogP contribution >= 0.6 is 0 Å². The van der Waals surface area contributed by atoms with Gasteiger partial charge in [-0.1, -0.05) is 18.2 Å². The molecule has 2 amide bonds. The van der Waals surface area contributed by atoms with Gasteiger partial charge in [0.1, 0.15) is 11.4 Å². The Hall–Kier alpha value is -3.88. The fraction of sp³-hybridized carbons (Fsp3) is 0.105. The minimum atomic E-state index is -0.949. The lowest BCUT2D eigenvalue weighted by atomic mass is 10.1. The number of carbonyl (C=O) groups excluding carboxylic acids is 2. The molecule has 0 saturated carbocycles. The summed E-state index contributed by atoms with van der Waals surface area (Å²) in [5, 5.41) is 25.1. The predicted octanol–water partition coefficient (Wildman–Crippen LogP) is 1.97. The SMILES string of the molecule is CC(=O)Nc1ccc2c(C(=O)NCc3ccc(F)cc3)c(O)n(O)c(=O)c2c1. The van der Waals surface area contributed by atoms with Crippen LogP contribution in [0.5, 0.6) is 5.88 Å². The number of amides is 2. The van der Waals surface area contributed by atoms with Gasteiger partial charge in [0.05, 0.1) is 5.39 Å². The van der Waals surface area contributed by atoms with Crippen molar-refractivity contribution < 1.29 is 24.3 Å². The topological polar surface area (TPSA) is 121 Å². The molecule has 1 heterocycles. The van der Waals surface area contributed by atoms with E-state index < -0.39 is 23.2 Å². The lowest BCUT2D eigenvalue weighted by molar-refractivity contribution is -0.114. The molecule has 0 aliphatic heterocycles. The van der Waals surface area contributed by atoms with Crippen molar-refractivity contribution >= 4 is 28.3 Å². The first-order chi connectivity index (χ1) is 13.3. The molecule has 0 radical (unpaired) electrons. The molecule has 0 saturated heterocycles. The van der Waals surface area contributed by atoms with Gasteiger partial charge in [-0.25, -0.2) is 4.39 Å². The highest BCUT2D eigenvalue weighted by atomic mass is 19.1. The van der Waals surface area contributed by atoms with E-state index in [0.29, 0.717) is 11.3 Å². The molecular weight excluding hydrogens is 369 g/mol. The first-order valence-corrected chi connectivity index (χ1v) is 8.19. The Balaban J connectivity index is 2.01. The second-order valence-electron chi connectivity index (χ2n) is 6.07. The van der Waals surface area contributed by atoms with Crippen molar-refractivity contribution in [2.75, 3.05) is 5.32 Å². The number of carbonyl (C=O) groups is 2. The van der Waals surface area contributed by atoms with Gasteiger partial charge < -0.3 is 20.9 Å². The van der Waals surface area contributed by atoms with Gasteiger partial charge in [-0.15, -0.1) is 4.73 Å². The van der Waals surface area contributed by atoms with E-state index in [4.69, 9.17) is 0 Å². The molecule has 2 aromatic carbocycles. The van der Waals surface area contributed by atoms with Crippen molar-refractivity contribution in [2.24, 2.45) is 0 Å². The number of pyridine rings is 1. The quantitative estimate of drug-likeness (QED) is 0.512. The Morgan fingerprint density at radius 3 is 2.43 bits per heavy atom. The summed E-state index contributed by atoms with van der Waals surface area (Å²) in [5.74, 6) is -2.44. The summed E-state index contributed by atoms with van der Waals surface area (Å²) in [6.07, 6.45) is 0. The number of halogens is 1. The summed E-state index contributed by atoms with van der Waals surface area (Å²) in [6, 6.07) is 9.59.